The number of hydrogen-bond donors (Lipinski definition) is 2. The van der Waals surface area contributed by atoms with Gasteiger partial charge in [0, 0.05) is 23.7 Å². The third kappa shape index (κ3) is 4.88. The fraction of sp³-hybridized carbons (Fsp3) is 0.500. The highest BCUT2D eigenvalue weighted by Gasteiger charge is 2.44. The van der Waals surface area contributed by atoms with E-state index in [0.717, 1.165) is 0 Å². The highest BCUT2D eigenvalue weighted by molar-refractivity contribution is 6.30. The molecule has 0 aromatic heterocycles. The SMILES string of the molecule is CC(C)(C)OC(=O)NC1(C(=O)O)CCN(C(=O)c2cccc(Cl)c2)CC1. The predicted octanol–water partition coefficient (Wildman–Crippen LogP) is 2.92. The lowest BCUT2D eigenvalue weighted by molar-refractivity contribution is -0.146. The number of likely N-dealkylation sites (tertiary alicyclic amines) is 1. The Bertz CT molecular complexity index is 706. The summed E-state index contributed by atoms with van der Waals surface area (Å²) in [5, 5.41) is 12.6. The molecule has 0 radical (unpaired) electrons. The summed E-state index contributed by atoms with van der Waals surface area (Å²) in [6, 6.07) is 6.59. The molecule has 0 bridgehead atoms. The molecule has 142 valence electrons. The van der Waals surface area contributed by atoms with E-state index in [4.69, 9.17) is 16.3 Å². The van der Waals surface area contributed by atoms with Gasteiger partial charge in [-0.25, -0.2) is 9.59 Å². The number of aliphatic carboxylic acids is 1. The molecule has 2 N–H and O–H groups in total. The Hall–Kier alpha value is -2.28. The van der Waals surface area contributed by atoms with E-state index < -0.39 is 23.2 Å². The van der Waals surface area contributed by atoms with Gasteiger partial charge in [-0.1, -0.05) is 17.7 Å². The Morgan fingerprint density at radius 3 is 2.35 bits per heavy atom. The Kier molecular flexibility index (Phi) is 5.81. The second-order valence-corrected chi connectivity index (χ2v) is 7.75. The van der Waals surface area contributed by atoms with Crippen LogP contribution in [0.15, 0.2) is 24.3 Å². The number of benzene rings is 1. The van der Waals surface area contributed by atoms with Crippen molar-refractivity contribution < 1.29 is 24.2 Å². The van der Waals surface area contributed by atoms with Crippen molar-refractivity contribution in [2.75, 3.05) is 13.1 Å². The number of nitrogens with zero attached hydrogens (tertiary/aromatic N) is 1. The van der Waals surface area contributed by atoms with Crippen molar-refractivity contribution in [3.8, 4) is 0 Å². The number of halogens is 1. The molecule has 1 aliphatic rings. The summed E-state index contributed by atoms with van der Waals surface area (Å²) >= 11 is 5.91. The van der Waals surface area contributed by atoms with Gasteiger partial charge in [-0.15, -0.1) is 0 Å². The number of carbonyl (C=O) groups is 3. The molecule has 0 spiro atoms. The van der Waals surface area contributed by atoms with Crippen LogP contribution in [0.3, 0.4) is 0 Å². The number of rotatable bonds is 3. The third-order valence-corrected chi connectivity index (χ3v) is 4.36. The number of ether oxygens (including phenoxy) is 1. The molecule has 0 saturated carbocycles. The number of carbonyl (C=O) groups excluding carboxylic acids is 2. The predicted molar refractivity (Wildman–Crippen MR) is 96.3 cm³/mol. The molecular weight excluding hydrogens is 360 g/mol. The Labute approximate surface area is 157 Å². The van der Waals surface area contributed by atoms with Crippen molar-refractivity contribution in [1.82, 2.24) is 10.2 Å². The van der Waals surface area contributed by atoms with Crippen LogP contribution in [0.5, 0.6) is 0 Å². The van der Waals surface area contributed by atoms with E-state index in [9.17, 15) is 19.5 Å². The van der Waals surface area contributed by atoms with E-state index in [1.54, 1.807) is 49.9 Å². The summed E-state index contributed by atoms with van der Waals surface area (Å²) in [6.45, 7) is 5.51. The summed E-state index contributed by atoms with van der Waals surface area (Å²) in [6.07, 6.45) is -0.601. The number of piperidine rings is 1. The maximum absolute atomic E-state index is 12.6. The van der Waals surface area contributed by atoms with Crippen LogP contribution < -0.4 is 5.32 Å². The maximum atomic E-state index is 12.6. The minimum absolute atomic E-state index is 0.0912. The molecule has 1 saturated heterocycles. The highest BCUT2D eigenvalue weighted by atomic mass is 35.5. The normalized spacial score (nSPS) is 16.7. The third-order valence-electron chi connectivity index (χ3n) is 4.13. The first-order valence-corrected chi connectivity index (χ1v) is 8.70. The summed E-state index contributed by atoms with van der Waals surface area (Å²) in [7, 11) is 0. The Balaban J connectivity index is 2.06. The zero-order valence-electron chi connectivity index (χ0n) is 15.0. The van der Waals surface area contributed by atoms with Crippen LogP contribution >= 0.6 is 11.6 Å². The first-order valence-electron chi connectivity index (χ1n) is 8.32. The van der Waals surface area contributed by atoms with Gasteiger partial charge in [0.15, 0.2) is 0 Å². The molecule has 0 aliphatic carbocycles. The summed E-state index contributed by atoms with van der Waals surface area (Å²) in [5.41, 5.74) is -1.74. The van der Waals surface area contributed by atoms with Crippen LogP contribution in [0.1, 0.15) is 44.0 Å². The van der Waals surface area contributed by atoms with Crippen molar-refractivity contribution in [2.24, 2.45) is 0 Å². The van der Waals surface area contributed by atoms with Crippen LogP contribution in [0.4, 0.5) is 4.79 Å². The molecule has 26 heavy (non-hydrogen) atoms. The van der Waals surface area contributed by atoms with Crippen molar-refractivity contribution in [2.45, 2.75) is 44.8 Å². The van der Waals surface area contributed by atoms with Gasteiger partial charge in [0.25, 0.3) is 5.91 Å². The van der Waals surface area contributed by atoms with E-state index in [0.29, 0.717) is 10.6 Å². The quantitative estimate of drug-likeness (QED) is 0.837. The lowest BCUT2D eigenvalue weighted by Crippen LogP contribution is -2.61. The number of nitrogens with one attached hydrogen (secondary N) is 1. The number of carboxylic acid groups (broad SMARTS) is 1. The number of hydrogen-bond acceptors (Lipinski definition) is 4. The standard InChI is InChI=1S/C18H23ClN2O5/c1-17(2,3)26-16(25)20-18(15(23)24)7-9-21(10-8-18)14(22)12-5-4-6-13(19)11-12/h4-6,11H,7-10H2,1-3H3,(H,20,25)(H,23,24). The summed E-state index contributed by atoms with van der Waals surface area (Å²) in [5.74, 6) is -1.36. The average Bonchev–Trinajstić information content (AvgIpc) is 2.53. The first-order chi connectivity index (χ1) is 12.0. The fourth-order valence-corrected chi connectivity index (χ4v) is 2.98. The van der Waals surface area contributed by atoms with Crippen molar-refractivity contribution in [1.29, 1.82) is 0 Å². The van der Waals surface area contributed by atoms with E-state index in [2.05, 4.69) is 5.32 Å². The summed E-state index contributed by atoms with van der Waals surface area (Å²) < 4.78 is 5.16. The topological polar surface area (TPSA) is 95.9 Å². The number of alkyl carbamates (subject to hydrolysis) is 1. The first kappa shape index (κ1) is 20.0. The van der Waals surface area contributed by atoms with Crippen LogP contribution in [0.2, 0.25) is 5.02 Å². The zero-order valence-corrected chi connectivity index (χ0v) is 15.8. The van der Waals surface area contributed by atoms with E-state index in [1.807, 2.05) is 0 Å². The lowest BCUT2D eigenvalue weighted by Gasteiger charge is -2.39. The van der Waals surface area contributed by atoms with Crippen molar-refractivity contribution in [3.63, 3.8) is 0 Å². The van der Waals surface area contributed by atoms with Gasteiger partial charge in [0.2, 0.25) is 0 Å². The molecule has 2 amide bonds. The molecule has 1 fully saturated rings. The van der Waals surface area contributed by atoms with Gasteiger partial charge in [-0.05, 0) is 51.8 Å². The largest absolute Gasteiger partial charge is 0.480 e. The van der Waals surface area contributed by atoms with Crippen LogP contribution in [-0.4, -0.2) is 52.2 Å². The number of amides is 2. The van der Waals surface area contributed by atoms with Gasteiger partial charge in [0.1, 0.15) is 11.1 Å². The van der Waals surface area contributed by atoms with Crippen LogP contribution in [-0.2, 0) is 9.53 Å². The number of carboxylic acids is 1. The molecule has 7 nitrogen and oxygen atoms in total. The highest BCUT2D eigenvalue weighted by Crippen LogP contribution is 2.25. The minimum Gasteiger partial charge on any atom is -0.480 e. The molecule has 1 aromatic rings. The van der Waals surface area contributed by atoms with Crippen molar-refractivity contribution in [3.05, 3.63) is 34.9 Å². The van der Waals surface area contributed by atoms with Gasteiger partial charge in [-0.2, -0.15) is 0 Å². The zero-order chi connectivity index (χ0) is 19.5. The smallest absolute Gasteiger partial charge is 0.408 e. The molecular formula is C18H23ClN2O5. The Morgan fingerprint density at radius 1 is 1.23 bits per heavy atom. The van der Waals surface area contributed by atoms with E-state index >= 15 is 0 Å². The molecule has 2 rings (SSSR count). The molecule has 8 heteroatoms. The van der Waals surface area contributed by atoms with Gasteiger partial charge < -0.3 is 20.1 Å². The molecule has 1 aromatic carbocycles. The van der Waals surface area contributed by atoms with Gasteiger partial charge in [-0.3, -0.25) is 4.79 Å². The maximum Gasteiger partial charge on any atom is 0.408 e. The van der Waals surface area contributed by atoms with Crippen LogP contribution in [0, 0.1) is 0 Å². The second kappa shape index (κ2) is 7.53. The second-order valence-electron chi connectivity index (χ2n) is 7.32. The molecule has 1 heterocycles. The van der Waals surface area contributed by atoms with Gasteiger partial charge in [0.05, 0.1) is 0 Å². The monoisotopic (exact) mass is 382 g/mol. The van der Waals surface area contributed by atoms with Crippen molar-refractivity contribution >= 4 is 29.6 Å². The minimum atomic E-state index is -1.45. The van der Waals surface area contributed by atoms with Crippen LogP contribution in [0.25, 0.3) is 0 Å². The molecule has 1 aliphatic heterocycles. The van der Waals surface area contributed by atoms with E-state index in [-0.39, 0.29) is 31.8 Å². The summed E-state index contributed by atoms with van der Waals surface area (Å²) in [4.78, 5) is 37.9. The molecule has 0 unspecified atom stereocenters. The Morgan fingerprint density at radius 2 is 1.85 bits per heavy atom. The van der Waals surface area contributed by atoms with E-state index in [1.165, 1.54) is 0 Å². The lowest BCUT2D eigenvalue weighted by atomic mass is 9.87. The van der Waals surface area contributed by atoms with Gasteiger partial charge >= 0.3 is 12.1 Å². The molecule has 0 atom stereocenters. The fourth-order valence-electron chi connectivity index (χ4n) is 2.79. The average molecular weight is 383 g/mol.